The number of Topliss-reactive ketones (excluding diaryl/α,β-unsaturated/α-hetero) is 1. The molecular formula is C11H21NO. The average molecular weight is 183 g/mol. The number of hydrogen-bond donors (Lipinski definition) is 1. The summed E-state index contributed by atoms with van der Waals surface area (Å²) in [5.74, 6) is 1.33. The third-order valence-corrected chi connectivity index (χ3v) is 2.47. The summed E-state index contributed by atoms with van der Waals surface area (Å²) < 4.78 is 0. The van der Waals surface area contributed by atoms with E-state index in [0.29, 0.717) is 18.4 Å². The molecular weight excluding hydrogens is 162 g/mol. The lowest BCUT2D eigenvalue weighted by atomic mass is 10.1. The van der Waals surface area contributed by atoms with E-state index in [9.17, 15) is 4.79 Å². The van der Waals surface area contributed by atoms with E-state index in [2.05, 4.69) is 19.2 Å². The van der Waals surface area contributed by atoms with Crippen molar-refractivity contribution in [3.63, 3.8) is 0 Å². The smallest absolute Gasteiger partial charge is 0.146 e. The largest absolute Gasteiger partial charge is 0.308 e. The first-order chi connectivity index (χ1) is 6.18. The normalized spacial score (nSPS) is 16.5. The lowest BCUT2D eigenvalue weighted by Gasteiger charge is -2.06. The van der Waals surface area contributed by atoms with E-state index in [0.717, 1.165) is 18.8 Å². The SMILES string of the molecule is CC(C)NCC(=O)CCCC1CC1. The third-order valence-electron chi connectivity index (χ3n) is 2.47. The highest BCUT2D eigenvalue weighted by atomic mass is 16.1. The molecule has 0 radical (unpaired) electrons. The fourth-order valence-corrected chi connectivity index (χ4v) is 1.40. The van der Waals surface area contributed by atoms with Crippen LogP contribution in [0.4, 0.5) is 0 Å². The van der Waals surface area contributed by atoms with E-state index in [1.54, 1.807) is 0 Å². The molecule has 0 unspecified atom stereocenters. The Bertz CT molecular complexity index is 161. The first kappa shape index (κ1) is 10.7. The minimum atomic E-state index is 0.370. The predicted molar refractivity (Wildman–Crippen MR) is 54.7 cm³/mol. The number of rotatable bonds is 7. The molecule has 0 spiro atoms. The molecule has 0 amide bonds. The zero-order chi connectivity index (χ0) is 9.68. The summed E-state index contributed by atoms with van der Waals surface area (Å²) in [6.45, 7) is 4.69. The Morgan fingerprint density at radius 3 is 2.69 bits per heavy atom. The standard InChI is InChI=1S/C11H21NO/c1-9(2)12-8-11(13)5-3-4-10-6-7-10/h9-10,12H,3-8H2,1-2H3. The van der Waals surface area contributed by atoms with Crippen LogP contribution in [0.15, 0.2) is 0 Å². The Morgan fingerprint density at radius 1 is 1.46 bits per heavy atom. The van der Waals surface area contributed by atoms with Crippen LogP contribution in [0.25, 0.3) is 0 Å². The van der Waals surface area contributed by atoms with Gasteiger partial charge in [0, 0.05) is 12.5 Å². The second kappa shape index (κ2) is 5.38. The minimum absolute atomic E-state index is 0.370. The molecule has 0 heterocycles. The van der Waals surface area contributed by atoms with E-state index >= 15 is 0 Å². The lowest BCUT2D eigenvalue weighted by molar-refractivity contribution is -0.118. The maximum atomic E-state index is 11.3. The maximum Gasteiger partial charge on any atom is 0.146 e. The van der Waals surface area contributed by atoms with Gasteiger partial charge in [0.2, 0.25) is 0 Å². The van der Waals surface area contributed by atoms with Gasteiger partial charge in [-0.25, -0.2) is 0 Å². The third kappa shape index (κ3) is 5.81. The highest BCUT2D eigenvalue weighted by Crippen LogP contribution is 2.33. The second-order valence-electron chi connectivity index (χ2n) is 4.41. The lowest BCUT2D eigenvalue weighted by Crippen LogP contribution is -2.28. The second-order valence-corrected chi connectivity index (χ2v) is 4.41. The van der Waals surface area contributed by atoms with E-state index in [1.807, 2.05) is 0 Å². The highest BCUT2D eigenvalue weighted by Gasteiger charge is 2.20. The predicted octanol–water partition coefficient (Wildman–Crippen LogP) is 2.13. The number of carbonyl (C=O) groups is 1. The van der Waals surface area contributed by atoms with Crippen LogP contribution in [0.3, 0.4) is 0 Å². The van der Waals surface area contributed by atoms with Gasteiger partial charge in [-0.1, -0.05) is 33.1 Å². The van der Waals surface area contributed by atoms with Crippen LogP contribution < -0.4 is 5.32 Å². The molecule has 2 heteroatoms. The topological polar surface area (TPSA) is 29.1 Å². The summed E-state index contributed by atoms with van der Waals surface area (Å²) in [7, 11) is 0. The van der Waals surface area contributed by atoms with Crippen molar-refractivity contribution in [1.82, 2.24) is 5.32 Å². The minimum Gasteiger partial charge on any atom is -0.308 e. The summed E-state index contributed by atoms with van der Waals surface area (Å²) in [6, 6.07) is 0.424. The van der Waals surface area contributed by atoms with Crippen LogP contribution in [0.5, 0.6) is 0 Å². The fraction of sp³-hybridized carbons (Fsp3) is 0.909. The molecule has 1 fully saturated rings. The Labute approximate surface area is 81.1 Å². The zero-order valence-corrected chi connectivity index (χ0v) is 8.81. The summed E-state index contributed by atoms with van der Waals surface area (Å²) in [5.41, 5.74) is 0. The van der Waals surface area contributed by atoms with Crippen LogP contribution >= 0.6 is 0 Å². The molecule has 0 aromatic rings. The van der Waals surface area contributed by atoms with Crippen molar-refractivity contribution < 1.29 is 4.79 Å². The highest BCUT2D eigenvalue weighted by molar-refractivity contribution is 5.80. The Morgan fingerprint density at radius 2 is 2.15 bits per heavy atom. The average Bonchev–Trinajstić information content (AvgIpc) is 2.84. The summed E-state index contributed by atoms with van der Waals surface area (Å²) in [4.78, 5) is 11.3. The molecule has 1 aliphatic carbocycles. The van der Waals surface area contributed by atoms with Crippen LogP contribution in [-0.4, -0.2) is 18.4 Å². The molecule has 76 valence electrons. The summed E-state index contributed by atoms with van der Waals surface area (Å²) in [6.07, 6.45) is 5.95. The maximum absolute atomic E-state index is 11.3. The molecule has 13 heavy (non-hydrogen) atoms. The van der Waals surface area contributed by atoms with Gasteiger partial charge in [0.15, 0.2) is 0 Å². The van der Waals surface area contributed by atoms with Gasteiger partial charge in [-0.2, -0.15) is 0 Å². The van der Waals surface area contributed by atoms with E-state index in [-0.39, 0.29) is 0 Å². The summed E-state index contributed by atoms with van der Waals surface area (Å²) in [5, 5.41) is 3.15. The van der Waals surface area contributed by atoms with Gasteiger partial charge < -0.3 is 5.32 Å². The van der Waals surface area contributed by atoms with Gasteiger partial charge in [0.1, 0.15) is 5.78 Å². The Balaban J connectivity index is 1.90. The molecule has 1 aliphatic rings. The monoisotopic (exact) mass is 183 g/mol. The Kier molecular flexibility index (Phi) is 4.43. The molecule has 0 aromatic heterocycles. The fourth-order valence-electron chi connectivity index (χ4n) is 1.40. The van der Waals surface area contributed by atoms with Crippen molar-refractivity contribution >= 4 is 5.78 Å². The molecule has 1 N–H and O–H groups in total. The van der Waals surface area contributed by atoms with Crippen LogP contribution in [0, 0.1) is 5.92 Å². The quantitative estimate of drug-likeness (QED) is 0.655. The molecule has 0 saturated heterocycles. The number of hydrogen-bond acceptors (Lipinski definition) is 2. The first-order valence-corrected chi connectivity index (χ1v) is 5.43. The number of ketones is 1. The van der Waals surface area contributed by atoms with Crippen molar-refractivity contribution in [2.24, 2.45) is 5.92 Å². The molecule has 0 bridgehead atoms. The van der Waals surface area contributed by atoms with Gasteiger partial charge in [0.05, 0.1) is 6.54 Å². The van der Waals surface area contributed by atoms with E-state index in [4.69, 9.17) is 0 Å². The van der Waals surface area contributed by atoms with Gasteiger partial charge in [0.25, 0.3) is 0 Å². The Hall–Kier alpha value is -0.370. The number of nitrogens with one attached hydrogen (secondary N) is 1. The number of carbonyl (C=O) groups excluding carboxylic acids is 1. The van der Waals surface area contributed by atoms with Gasteiger partial charge in [-0.15, -0.1) is 0 Å². The van der Waals surface area contributed by atoms with Crippen molar-refractivity contribution in [2.75, 3.05) is 6.54 Å². The zero-order valence-electron chi connectivity index (χ0n) is 8.81. The first-order valence-electron chi connectivity index (χ1n) is 5.43. The molecule has 2 nitrogen and oxygen atoms in total. The van der Waals surface area contributed by atoms with Crippen LogP contribution in [0.1, 0.15) is 46.0 Å². The molecule has 0 aromatic carbocycles. The van der Waals surface area contributed by atoms with E-state index < -0.39 is 0 Å². The van der Waals surface area contributed by atoms with Crippen LogP contribution in [-0.2, 0) is 4.79 Å². The molecule has 1 saturated carbocycles. The van der Waals surface area contributed by atoms with Crippen molar-refractivity contribution in [1.29, 1.82) is 0 Å². The molecule has 0 atom stereocenters. The van der Waals surface area contributed by atoms with Crippen molar-refractivity contribution in [2.45, 2.75) is 52.0 Å². The van der Waals surface area contributed by atoms with Gasteiger partial charge in [-0.05, 0) is 12.3 Å². The van der Waals surface area contributed by atoms with Gasteiger partial charge in [-0.3, -0.25) is 4.79 Å². The summed E-state index contributed by atoms with van der Waals surface area (Å²) >= 11 is 0. The van der Waals surface area contributed by atoms with Crippen molar-refractivity contribution in [3.05, 3.63) is 0 Å². The molecule has 0 aliphatic heterocycles. The van der Waals surface area contributed by atoms with Crippen LogP contribution in [0.2, 0.25) is 0 Å². The van der Waals surface area contributed by atoms with E-state index in [1.165, 1.54) is 19.3 Å². The van der Waals surface area contributed by atoms with Crippen molar-refractivity contribution in [3.8, 4) is 0 Å². The van der Waals surface area contributed by atoms with Gasteiger partial charge >= 0.3 is 0 Å². The molecule has 1 rings (SSSR count).